The Balaban J connectivity index is 0. The Morgan fingerprint density at radius 2 is 2.00 bits per heavy atom. The average molecular weight is 107 g/mol. The summed E-state index contributed by atoms with van der Waals surface area (Å²) in [5, 5.41) is 7.00. The molecular formula is C4H13NO2. The van der Waals surface area contributed by atoms with Crippen LogP contribution in [0.3, 0.4) is 0 Å². The molecule has 0 fully saturated rings. The quantitative estimate of drug-likeness (QED) is 0.485. The van der Waals surface area contributed by atoms with Gasteiger partial charge in [-0.1, -0.05) is 0 Å². The Labute approximate surface area is 44.1 Å². The van der Waals surface area contributed by atoms with Crippen LogP contribution < -0.4 is 5.73 Å². The number of aliphatic hydroxyl groups is 1. The largest absolute Gasteiger partial charge is 0.400 e. The molecule has 0 amide bonds. The minimum absolute atomic E-state index is 0.622. The van der Waals surface area contributed by atoms with Gasteiger partial charge in [-0.25, -0.2) is 0 Å². The summed E-state index contributed by atoms with van der Waals surface area (Å²) in [6.07, 6.45) is 0. The zero-order valence-electron chi connectivity index (χ0n) is 4.85. The summed E-state index contributed by atoms with van der Waals surface area (Å²) in [7, 11) is 2.63. The SMILES string of the molecule is CO.COCCN. The van der Waals surface area contributed by atoms with Crippen molar-refractivity contribution in [1.29, 1.82) is 0 Å². The minimum Gasteiger partial charge on any atom is -0.400 e. The molecule has 7 heavy (non-hydrogen) atoms. The summed E-state index contributed by atoms with van der Waals surface area (Å²) >= 11 is 0. The first-order chi connectivity index (χ1) is 3.41. The molecule has 0 radical (unpaired) electrons. The Morgan fingerprint density at radius 3 is 2.00 bits per heavy atom. The van der Waals surface area contributed by atoms with Crippen molar-refractivity contribution in [3.05, 3.63) is 0 Å². The summed E-state index contributed by atoms with van der Waals surface area (Å²) in [5.74, 6) is 0. The highest BCUT2D eigenvalue weighted by atomic mass is 16.5. The molecule has 0 atom stereocenters. The van der Waals surface area contributed by atoms with Gasteiger partial charge in [0, 0.05) is 20.8 Å². The van der Waals surface area contributed by atoms with Crippen molar-refractivity contribution in [1.82, 2.24) is 0 Å². The van der Waals surface area contributed by atoms with Crippen LogP contribution in [0.4, 0.5) is 0 Å². The molecule has 3 heteroatoms. The van der Waals surface area contributed by atoms with Crippen molar-refractivity contribution in [2.75, 3.05) is 27.4 Å². The van der Waals surface area contributed by atoms with Crippen molar-refractivity contribution >= 4 is 0 Å². The van der Waals surface area contributed by atoms with Gasteiger partial charge in [0.2, 0.25) is 0 Å². The third kappa shape index (κ3) is 25.0. The maximum Gasteiger partial charge on any atom is 0.0584 e. The molecule has 0 rings (SSSR count). The molecule has 0 aliphatic heterocycles. The van der Waals surface area contributed by atoms with Crippen molar-refractivity contribution < 1.29 is 9.84 Å². The van der Waals surface area contributed by atoms with Crippen LogP contribution in [-0.2, 0) is 4.74 Å². The highest BCUT2D eigenvalue weighted by Gasteiger charge is 1.65. The number of aliphatic hydroxyl groups excluding tert-OH is 1. The smallest absolute Gasteiger partial charge is 0.0584 e. The first kappa shape index (κ1) is 9.99. The fourth-order valence-electron chi connectivity index (χ4n) is 0.118. The third-order valence-corrected chi connectivity index (χ3v) is 0.322. The standard InChI is InChI=1S/C3H9NO.CH4O/c1-5-3-2-4;1-2/h2-4H2,1H3;2H,1H3. The molecule has 0 aromatic carbocycles. The first-order valence-corrected chi connectivity index (χ1v) is 2.05. The number of methoxy groups -OCH3 is 1. The van der Waals surface area contributed by atoms with Crippen LogP contribution in [0, 0.1) is 0 Å². The molecule has 46 valence electrons. The molecule has 0 spiro atoms. The van der Waals surface area contributed by atoms with E-state index in [0.29, 0.717) is 13.2 Å². The van der Waals surface area contributed by atoms with E-state index in [0.717, 1.165) is 7.11 Å². The van der Waals surface area contributed by atoms with Crippen LogP contribution in [0.1, 0.15) is 0 Å². The summed E-state index contributed by atoms with van der Waals surface area (Å²) in [4.78, 5) is 0. The third-order valence-electron chi connectivity index (χ3n) is 0.322. The molecule has 0 aliphatic rings. The van der Waals surface area contributed by atoms with Gasteiger partial charge in [-0.2, -0.15) is 0 Å². The lowest BCUT2D eigenvalue weighted by atomic mass is 10.7. The summed E-state index contributed by atoms with van der Waals surface area (Å²) in [6.45, 7) is 1.29. The Morgan fingerprint density at radius 1 is 1.57 bits per heavy atom. The maximum absolute atomic E-state index is 7.00. The molecule has 3 nitrogen and oxygen atoms in total. The van der Waals surface area contributed by atoms with E-state index in [1.54, 1.807) is 7.11 Å². The molecule has 0 unspecified atom stereocenters. The van der Waals surface area contributed by atoms with E-state index in [9.17, 15) is 0 Å². The normalized spacial score (nSPS) is 6.86. The number of hydrogen-bond donors (Lipinski definition) is 2. The second kappa shape index (κ2) is 16.9. The first-order valence-electron chi connectivity index (χ1n) is 2.05. The highest BCUT2D eigenvalue weighted by Crippen LogP contribution is 1.53. The van der Waals surface area contributed by atoms with E-state index in [1.807, 2.05) is 0 Å². The maximum atomic E-state index is 7.00. The van der Waals surface area contributed by atoms with Crippen LogP contribution in [0.15, 0.2) is 0 Å². The summed E-state index contributed by atoms with van der Waals surface area (Å²) in [5.41, 5.74) is 5.01. The molecule has 0 heterocycles. The van der Waals surface area contributed by atoms with E-state index in [4.69, 9.17) is 10.8 Å². The van der Waals surface area contributed by atoms with Crippen LogP contribution in [0.25, 0.3) is 0 Å². The van der Waals surface area contributed by atoms with E-state index in [2.05, 4.69) is 4.74 Å². The number of ether oxygens (including phenoxy) is 1. The molecule has 0 bridgehead atoms. The van der Waals surface area contributed by atoms with Gasteiger partial charge in [0.25, 0.3) is 0 Å². The lowest BCUT2D eigenvalue weighted by Gasteiger charge is -1.85. The average Bonchev–Trinajstić information content (AvgIpc) is 1.75. The van der Waals surface area contributed by atoms with E-state index < -0.39 is 0 Å². The van der Waals surface area contributed by atoms with Gasteiger partial charge in [0.1, 0.15) is 0 Å². The van der Waals surface area contributed by atoms with Gasteiger partial charge >= 0.3 is 0 Å². The van der Waals surface area contributed by atoms with Gasteiger partial charge in [0.05, 0.1) is 6.61 Å². The Kier molecular flexibility index (Phi) is 24.1. The van der Waals surface area contributed by atoms with E-state index >= 15 is 0 Å². The van der Waals surface area contributed by atoms with Crippen molar-refractivity contribution in [2.24, 2.45) is 5.73 Å². The lowest BCUT2D eigenvalue weighted by molar-refractivity contribution is 0.207. The molecule has 0 aromatic heterocycles. The van der Waals surface area contributed by atoms with Crippen LogP contribution in [0.2, 0.25) is 0 Å². The molecule has 0 saturated heterocycles. The second-order valence-corrected chi connectivity index (χ2v) is 0.781. The monoisotopic (exact) mass is 107 g/mol. The fourth-order valence-corrected chi connectivity index (χ4v) is 0.118. The van der Waals surface area contributed by atoms with Gasteiger partial charge in [-0.15, -0.1) is 0 Å². The minimum atomic E-state index is 0.622. The van der Waals surface area contributed by atoms with Gasteiger partial charge in [-0.05, 0) is 0 Å². The molecule has 3 N–H and O–H groups in total. The molecule has 0 saturated carbocycles. The van der Waals surface area contributed by atoms with Gasteiger partial charge in [0.15, 0.2) is 0 Å². The zero-order chi connectivity index (χ0) is 6.12. The van der Waals surface area contributed by atoms with E-state index in [-0.39, 0.29) is 0 Å². The van der Waals surface area contributed by atoms with Crippen molar-refractivity contribution in [2.45, 2.75) is 0 Å². The number of rotatable bonds is 2. The van der Waals surface area contributed by atoms with E-state index in [1.165, 1.54) is 0 Å². The molecule has 0 aliphatic carbocycles. The fraction of sp³-hybridized carbons (Fsp3) is 1.00. The van der Waals surface area contributed by atoms with Gasteiger partial charge < -0.3 is 15.6 Å². The van der Waals surface area contributed by atoms with Gasteiger partial charge in [-0.3, -0.25) is 0 Å². The number of hydrogen-bond acceptors (Lipinski definition) is 3. The zero-order valence-corrected chi connectivity index (χ0v) is 4.85. The highest BCUT2D eigenvalue weighted by molar-refractivity contribution is 4.22. The molecule has 0 aromatic rings. The molecular weight excluding hydrogens is 94.0 g/mol. The Bertz CT molecular complexity index is 17.2. The van der Waals surface area contributed by atoms with Crippen molar-refractivity contribution in [3.63, 3.8) is 0 Å². The predicted octanol–water partition coefficient (Wildman–Crippen LogP) is -0.800. The van der Waals surface area contributed by atoms with Crippen LogP contribution >= 0.6 is 0 Å². The van der Waals surface area contributed by atoms with Crippen LogP contribution in [0.5, 0.6) is 0 Å². The summed E-state index contributed by atoms with van der Waals surface area (Å²) < 4.78 is 4.57. The summed E-state index contributed by atoms with van der Waals surface area (Å²) in [6, 6.07) is 0. The lowest BCUT2D eigenvalue weighted by Crippen LogP contribution is -2.05. The topological polar surface area (TPSA) is 55.5 Å². The second-order valence-electron chi connectivity index (χ2n) is 0.781. The Hall–Kier alpha value is -0.120. The van der Waals surface area contributed by atoms with Crippen LogP contribution in [-0.4, -0.2) is 32.5 Å². The predicted molar refractivity (Wildman–Crippen MR) is 29.1 cm³/mol. The number of nitrogens with two attached hydrogens (primary N) is 1. The van der Waals surface area contributed by atoms with Crippen molar-refractivity contribution in [3.8, 4) is 0 Å².